The molecular weight excluding hydrogens is 229 g/mol. The van der Waals surface area contributed by atoms with Crippen LogP contribution in [0.4, 0.5) is 13.2 Å². The molecule has 0 fully saturated rings. The van der Waals surface area contributed by atoms with E-state index >= 15 is 0 Å². The van der Waals surface area contributed by atoms with Gasteiger partial charge < -0.3 is 5.73 Å². The Bertz CT molecular complexity index is 271. The Morgan fingerprint density at radius 1 is 1.41 bits per heavy atom. The molecule has 5 heteroatoms. The third-order valence-electron chi connectivity index (χ3n) is 3.29. The van der Waals surface area contributed by atoms with Crippen LogP contribution in [0.25, 0.3) is 0 Å². The largest absolute Gasteiger partial charge is 0.412 e. The molecule has 0 radical (unpaired) electrons. The number of rotatable bonds is 4. The summed E-state index contributed by atoms with van der Waals surface area (Å²) < 4.78 is 37.1. The Balaban J connectivity index is 2.35. The number of nitrogens with zero attached hydrogens (tertiary/aromatic N) is 1. The number of hydrogen-bond donors (Lipinski definition) is 1. The van der Waals surface area contributed by atoms with Crippen LogP contribution in [0.3, 0.4) is 0 Å². The number of hydrogen-bond acceptors (Lipinski definition) is 2. The highest BCUT2D eigenvalue weighted by Gasteiger charge is 2.34. The SMILES string of the molecule is CC(C)C(N)CCN1CC=C(C(F)(F)F)CC1. The van der Waals surface area contributed by atoms with E-state index in [0.29, 0.717) is 19.0 Å². The van der Waals surface area contributed by atoms with Crippen molar-refractivity contribution >= 4 is 0 Å². The van der Waals surface area contributed by atoms with Gasteiger partial charge in [0.2, 0.25) is 0 Å². The van der Waals surface area contributed by atoms with Crippen molar-refractivity contribution in [2.45, 2.75) is 38.9 Å². The van der Waals surface area contributed by atoms with Gasteiger partial charge in [0.15, 0.2) is 0 Å². The van der Waals surface area contributed by atoms with Gasteiger partial charge >= 0.3 is 6.18 Å². The van der Waals surface area contributed by atoms with Crippen molar-refractivity contribution in [1.82, 2.24) is 4.90 Å². The summed E-state index contributed by atoms with van der Waals surface area (Å²) >= 11 is 0. The van der Waals surface area contributed by atoms with E-state index in [9.17, 15) is 13.2 Å². The quantitative estimate of drug-likeness (QED) is 0.777. The maximum absolute atomic E-state index is 12.4. The minimum Gasteiger partial charge on any atom is -0.327 e. The molecule has 0 saturated heterocycles. The first-order chi connectivity index (χ1) is 7.80. The molecule has 2 nitrogen and oxygen atoms in total. The fraction of sp³-hybridized carbons (Fsp3) is 0.833. The van der Waals surface area contributed by atoms with E-state index in [-0.39, 0.29) is 18.0 Å². The van der Waals surface area contributed by atoms with Crippen molar-refractivity contribution in [1.29, 1.82) is 0 Å². The summed E-state index contributed by atoms with van der Waals surface area (Å²) in [5.74, 6) is 0.418. The molecule has 0 amide bonds. The Hall–Kier alpha value is -0.550. The summed E-state index contributed by atoms with van der Waals surface area (Å²) in [4.78, 5) is 2.03. The van der Waals surface area contributed by atoms with Gasteiger partial charge in [0.1, 0.15) is 0 Å². The van der Waals surface area contributed by atoms with E-state index in [1.807, 2.05) is 4.90 Å². The second-order valence-corrected chi connectivity index (χ2v) is 4.97. The molecule has 1 atom stereocenters. The number of halogens is 3. The average molecular weight is 250 g/mol. The van der Waals surface area contributed by atoms with Crippen LogP contribution in [-0.2, 0) is 0 Å². The van der Waals surface area contributed by atoms with E-state index in [1.54, 1.807) is 0 Å². The molecule has 1 unspecified atom stereocenters. The topological polar surface area (TPSA) is 29.3 Å². The summed E-state index contributed by atoms with van der Waals surface area (Å²) in [6.07, 6.45) is -1.92. The highest BCUT2D eigenvalue weighted by molar-refractivity contribution is 5.12. The molecular formula is C12H21F3N2. The van der Waals surface area contributed by atoms with Crippen LogP contribution in [0, 0.1) is 5.92 Å². The second kappa shape index (κ2) is 5.87. The summed E-state index contributed by atoms with van der Waals surface area (Å²) in [6, 6.07) is 0.128. The maximum atomic E-state index is 12.4. The molecule has 0 aliphatic carbocycles. The van der Waals surface area contributed by atoms with Crippen LogP contribution in [0.5, 0.6) is 0 Å². The molecule has 2 N–H and O–H groups in total. The molecule has 0 aromatic heterocycles. The molecule has 100 valence electrons. The van der Waals surface area contributed by atoms with Crippen molar-refractivity contribution in [2.75, 3.05) is 19.6 Å². The fourth-order valence-electron chi connectivity index (χ4n) is 1.84. The fourth-order valence-corrected chi connectivity index (χ4v) is 1.84. The Morgan fingerprint density at radius 3 is 2.47 bits per heavy atom. The molecule has 0 aromatic rings. The van der Waals surface area contributed by atoms with Crippen LogP contribution in [0.2, 0.25) is 0 Å². The van der Waals surface area contributed by atoms with E-state index in [4.69, 9.17) is 5.73 Å². The summed E-state index contributed by atoms with van der Waals surface area (Å²) in [5, 5.41) is 0. The standard InChI is InChI=1S/C12H21F3N2/c1-9(2)11(16)5-8-17-6-3-10(4-7-17)12(13,14)15/h3,9,11H,4-8,16H2,1-2H3. The lowest BCUT2D eigenvalue weighted by Gasteiger charge is -2.28. The zero-order valence-electron chi connectivity index (χ0n) is 10.4. The van der Waals surface area contributed by atoms with Crippen LogP contribution < -0.4 is 5.73 Å². The van der Waals surface area contributed by atoms with Gasteiger partial charge in [-0.3, -0.25) is 4.90 Å². The van der Waals surface area contributed by atoms with Crippen molar-refractivity contribution in [3.8, 4) is 0 Å². The molecule has 0 bridgehead atoms. The molecule has 1 aliphatic rings. The van der Waals surface area contributed by atoms with Crippen LogP contribution in [-0.4, -0.2) is 36.8 Å². The van der Waals surface area contributed by atoms with Gasteiger partial charge in [-0.05, 0) is 25.3 Å². The van der Waals surface area contributed by atoms with Gasteiger partial charge in [-0.2, -0.15) is 13.2 Å². The van der Waals surface area contributed by atoms with Crippen molar-refractivity contribution in [3.63, 3.8) is 0 Å². The number of nitrogens with two attached hydrogens (primary N) is 1. The molecule has 1 aliphatic heterocycles. The van der Waals surface area contributed by atoms with Crippen LogP contribution in [0.15, 0.2) is 11.6 Å². The van der Waals surface area contributed by atoms with Crippen LogP contribution >= 0.6 is 0 Å². The zero-order valence-corrected chi connectivity index (χ0v) is 10.4. The first-order valence-electron chi connectivity index (χ1n) is 6.05. The highest BCUT2D eigenvalue weighted by Crippen LogP contribution is 2.30. The van der Waals surface area contributed by atoms with E-state index in [2.05, 4.69) is 13.8 Å². The van der Waals surface area contributed by atoms with E-state index in [1.165, 1.54) is 6.08 Å². The lowest BCUT2D eigenvalue weighted by Crippen LogP contribution is -2.36. The van der Waals surface area contributed by atoms with Gasteiger partial charge in [-0.15, -0.1) is 0 Å². The third kappa shape index (κ3) is 4.68. The summed E-state index contributed by atoms with van der Waals surface area (Å²) in [7, 11) is 0. The van der Waals surface area contributed by atoms with Gasteiger partial charge in [0.05, 0.1) is 0 Å². The first-order valence-corrected chi connectivity index (χ1v) is 6.05. The molecule has 0 spiro atoms. The molecule has 0 saturated carbocycles. The Morgan fingerprint density at radius 2 is 2.06 bits per heavy atom. The molecule has 1 heterocycles. The van der Waals surface area contributed by atoms with E-state index < -0.39 is 6.18 Å². The van der Waals surface area contributed by atoms with Crippen molar-refractivity contribution < 1.29 is 13.2 Å². The van der Waals surface area contributed by atoms with E-state index in [0.717, 1.165) is 13.0 Å². The van der Waals surface area contributed by atoms with Gasteiger partial charge in [-0.1, -0.05) is 19.9 Å². The smallest absolute Gasteiger partial charge is 0.327 e. The predicted molar refractivity (Wildman–Crippen MR) is 62.6 cm³/mol. The van der Waals surface area contributed by atoms with Crippen molar-refractivity contribution in [3.05, 3.63) is 11.6 Å². The Kier molecular flexibility index (Phi) is 5.01. The predicted octanol–water partition coefficient (Wildman–Crippen LogP) is 2.55. The monoisotopic (exact) mass is 250 g/mol. The Labute approximate surface area is 101 Å². The third-order valence-corrected chi connectivity index (χ3v) is 3.29. The maximum Gasteiger partial charge on any atom is 0.412 e. The minimum atomic E-state index is -4.15. The number of alkyl halides is 3. The second-order valence-electron chi connectivity index (χ2n) is 4.97. The summed E-state index contributed by atoms with van der Waals surface area (Å²) in [5.41, 5.74) is 5.52. The normalized spacial score (nSPS) is 20.5. The van der Waals surface area contributed by atoms with Gasteiger partial charge in [0, 0.05) is 24.7 Å². The average Bonchev–Trinajstić information content (AvgIpc) is 2.25. The van der Waals surface area contributed by atoms with Gasteiger partial charge in [0.25, 0.3) is 0 Å². The zero-order chi connectivity index (χ0) is 13.1. The minimum absolute atomic E-state index is 0.0976. The highest BCUT2D eigenvalue weighted by atomic mass is 19.4. The first kappa shape index (κ1) is 14.5. The molecule has 17 heavy (non-hydrogen) atoms. The van der Waals surface area contributed by atoms with Crippen LogP contribution in [0.1, 0.15) is 26.7 Å². The van der Waals surface area contributed by atoms with Gasteiger partial charge in [-0.25, -0.2) is 0 Å². The summed E-state index contributed by atoms with van der Waals surface area (Å²) in [6.45, 7) is 5.77. The molecule has 0 aromatic carbocycles. The molecule has 1 rings (SSSR count). The lowest BCUT2D eigenvalue weighted by molar-refractivity contribution is -0.0960. The lowest BCUT2D eigenvalue weighted by atomic mass is 10.0. The van der Waals surface area contributed by atoms with Crippen molar-refractivity contribution in [2.24, 2.45) is 11.7 Å².